The maximum atomic E-state index is 13.1. The average Bonchev–Trinajstić information content (AvgIpc) is 2.76. The molecule has 31 heavy (non-hydrogen) atoms. The molecule has 1 aliphatic heterocycles. The number of methoxy groups -OCH3 is 1. The standard InChI is InChI=1S/C21H22F3N3O3.ClH/c1-30-19(28)15-7-5-14(6-8-15)12-26-20(29)27-10-9-25-13-18(27)16-3-2-4-17(11-16)21(22,23)24;/h2-8,11,18,25H,9-10,12-13H2,1H3,(H,26,29);1H. The topological polar surface area (TPSA) is 70.7 Å². The number of rotatable bonds is 4. The molecule has 10 heteroatoms. The second-order valence-electron chi connectivity index (χ2n) is 6.88. The van der Waals surface area contributed by atoms with Gasteiger partial charge < -0.3 is 20.3 Å². The third-order valence-electron chi connectivity index (χ3n) is 4.92. The Morgan fingerprint density at radius 3 is 2.55 bits per heavy atom. The minimum Gasteiger partial charge on any atom is -0.465 e. The molecule has 1 aliphatic rings. The number of benzene rings is 2. The molecule has 168 valence electrons. The van der Waals surface area contributed by atoms with Gasteiger partial charge in [0.15, 0.2) is 0 Å². The normalized spacial score (nSPS) is 16.3. The number of halogens is 4. The summed E-state index contributed by atoms with van der Waals surface area (Å²) in [7, 11) is 1.30. The van der Waals surface area contributed by atoms with Crippen molar-refractivity contribution in [2.45, 2.75) is 18.8 Å². The summed E-state index contributed by atoms with van der Waals surface area (Å²) in [5.74, 6) is -0.449. The number of ether oxygens (including phenoxy) is 1. The molecule has 2 amide bonds. The third kappa shape index (κ3) is 6.11. The summed E-state index contributed by atoms with van der Waals surface area (Å²) in [4.78, 5) is 25.8. The molecular formula is C21H23ClF3N3O3. The number of hydrogen-bond acceptors (Lipinski definition) is 4. The van der Waals surface area contributed by atoms with Crippen LogP contribution in [0.2, 0.25) is 0 Å². The first kappa shape index (κ1) is 24.5. The van der Waals surface area contributed by atoms with E-state index in [9.17, 15) is 22.8 Å². The number of esters is 1. The SMILES string of the molecule is COC(=O)c1ccc(CNC(=O)N2CCNCC2c2cccc(C(F)(F)F)c2)cc1.Cl. The second-order valence-corrected chi connectivity index (χ2v) is 6.88. The van der Waals surface area contributed by atoms with Crippen LogP contribution in [-0.2, 0) is 17.5 Å². The highest BCUT2D eigenvalue weighted by Gasteiger charge is 2.33. The fourth-order valence-electron chi connectivity index (χ4n) is 3.32. The Hall–Kier alpha value is -2.78. The molecule has 0 aromatic heterocycles. The quantitative estimate of drug-likeness (QED) is 0.686. The van der Waals surface area contributed by atoms with Gasteiger partial charge in [0.2, 0.25) is 0 Å². The first-order valence-electron chi connectivity index (χ1n) is 9.39. The molecular weight excluding hydrogens is 435 g/mol. The fourth-order valence-corrected chi connectivity index (χ4v) is 3.32. The van der Waals surface area contributed by atoms with Crippen molar-refractivity contribution >= 4 is 24.4 Å². The maximum absolute atomic E-state index is 13.1. The van der Waals surface area contributed by atoms with E-state index in [2.05, 4.69) is 15.4 Å². The maximum Gasteiger partial charge on any atom is 0.416 e. The zero-order valence-corrected chi connectivity index (χ0v) is 17.6. The van der Waals surface area contributed by atoms with Crippen LogP contribution >= 0.6 is 12.4 Å². The monoisotopic (exact) mass is 457 g/mol. The van der Waals surface area contributed by atoms with Crippen LogP contribution in [0, 0.1) is 0 Å². The Bertz CT molecular complexity index is 907. The number of piperazine rings is 1. The van der Waals surface area contributed by atoms with Gasteiger partial charge in [-0.1, -0.05) is 24.3 Å². The molecule has 1 fully saturated rings. The van der Waals surface area contributed by atoms with Crippen molar-refractivity contribution in [1.82, 2.24) is 15.5 Å². The average molecular weight is 458 g/mol. The van der Waals surface area contributed by atoms with Gasteiger partial charge in [-0.25, -0.2) is 9.59 Å². The van der Waals surface area contributed by atoms with E-state index in [0.29, 0.717) is 30.8 Å². The summed E-state index contributed by atoms with van der Waals surface area (Å²) in [6.45, 7) is 1.51. The highest BCUT2D eigenvalue weighted by atomic mass is 35.5. The number of alkyl halides is 3. The van der Waals surface area contributed by atoms with Crippen LogP contribution in [0.3, 0.4) is 0 Å². The van der Waals surface area contributed by atoms with E-state index < -0.39 is 23.8 Å². The third-order valence-corrected chi connectivity index (χ3v) is 4.92. The predicted molar refractivity (Wildman–Crippen MR) is 111 cm³/mol. The number of hydrogen-bond donors (Lipinski definition) is 2. The first-order chi connectivity index (χ1) is 14.3. The van der Waals surface area contributed by atoms with Gasteiger partial charge in [0.1, 0.15) is 0 Å². The Labute approximate surface area is 184 Å². The predicted octanol–water partition coefficient (Wildman–Crippen LogP) is 3.77. The van der Waals surface area contributed by atoms with E-state index in [1.165, 1.54) is 18.1 Å². The van der Waals surface area contributed by atoms with Crippen LogP contribution < -0.4 is 10.6 Å². The van der Waals surface area contributed by atoms with Gasteiger partial charge in [0, 0.05) is 26.2 Å². The van der Waals surface area contributed by atoms with Gasteiger partial charge in [0.25, 0.3) is 0 Å². The molecule has 0 aliphatic carbocycles. The van der Waals surface area contributed by atoms with Gasteiger partial charge in [0.05, 0.1) is 24.3 Å². The van der Waals surface area contributed by atoms with E-state index >= 15 is 0 Å². The summed E-state index contributed by atoms with van der Waals surface area (Å²) in [5.41, 5.74) is 0.868. The Balaban J connectivity index is 0.00000341. The molecule has 0 bridgehead atoms. The second kappa shape index (κ2) is 10.5. The lowest BCUT2D eigenvalue weighted by molar-refractivity contribution is -0.137. The lowest BCUT2D eigenvalue weighted by Crippen LogP contribution is -2.51. The molecule has 0 radical (unpaired) electrons. The number of amides is 2. The number of carbonyl (C=O) groups excluding carboxylic acids is 2. The Morgan fingerprint density at radius 1 is 1.19 bits per heavy atom. The number of nitrogens with one attached hydrogen (secondary N) is 2. The number of urea groups is 1. The van der Waals surface area contributed by atoms with E-state index in [-0.39, 0.29) is 25.0 Å². The Kier molecular flexibility index (Phi) is 8.29. The largest absolute Gasteiger partial charge is 0.465 e. The van der Waals surface area contributed by atoms with Gasteiger partial charge in [-0.3, -0.25) is 0 Å². The molecule has 3 rings (SSSR count). The molecule has 1 unspecified atom stereocenters. The van der Waals surface area contributed by atoms with E-state index in [0.717, 1.165) is 17.7 Å². The number of nitrogens with zero attached hydrogens (tertiary/aromatic N) is 1. The van der Waals surface area contributed by atoms with E-state index in [4.69, 9.17) is 0 Å². The van der Waals surface area contributed by atoms with E-state index in [1.54, 1.807) is 30.3 Å². The van der Waals surface area contributed by atoms with Crippen molar-refractivity contribution in [2.24, 2.45) is 0 Å². The number of carbonyl (C=O) groups is 2. The summed E-state index contributed by atoms with van der Waals surface area (Å²) in [6.07, 6.45) is -4.44. The van der Waals surface area contributed by atoms with Crippen molar-refractivity contribution < 1.29 is 27.5 Å². The molecule has 1 atom stereocenters. The van der Waals surface area contributed by atoms with Gasteiger partial charge >= 0.3 is 18.2 Å². The zero-order chi connectivity index (χ0) is 21.7. The van der Waals surface area contributed by atoms with Crippen LogP contribution in [0.15, 0.2) is 48.5 Å². The lowest BCUT2D eigenvalue weighted by Gasteiger charge is -2.36. The van der Waals surface area contributed by atoms with Crippen molar-refractivity contribution in [3.05, 3.63) is 70.8 Å². The lowest BCUT2D eigenvalue weighted by atomic mass is 10.0. The smallest absolute Gasteiger partial charge is 0.416 e. The van der Waals surface area contributed by atoms with Crippen LogP contribution in [0.1, 0.15) is 33.1 Å². The van der Waals surface area contributed by atoms with Crippen molar-refractivity contribution in [3.8, 4) is 0 Å². The summed E-state index contributed by atoms with van der Waals surface area (Å²) in [6, 6.07) is 10.8. The van der Waals surface area contributed by atoms with Crippen molar-refractivity contribution in [1.29, 1.82) is 0 Å². The Morgan fingerprint density at radius 2 is 1.90 bits per heavy atom. The van der Waals surface area contributed by atoms with Crippen molar-refractivity contribution in [2.75, 3.05) is 26.7 Å². The van der Waals surface area contributed by atoms with Crippen LogP contribution in [0.25, 0.3) is 0 Å². The molecule has 2 N–H and O–H groups in total. The van der Waals surface area contributed by atoms with Crippen LogP contribution in [0.5, 0.6) is 0 Å². The highest BCUT2D eigenvalue weighted by Crippen LogP contribution is 2.32. The summed E-state index contributed by atoms with van der Waals surface area (Å²) >= 11 is 0. The molecule has 1 heterocycles. The minimum absolute atomic E-state index is 0. The molecule has 0 saturated carbocycles. The van der Waals surface area contributed by atoms with Gasteiger partial charge in [-0.15, -0.1) is 12.4 Å². The summed E-state index contributed by atoms with van der Waals surface area (Å²) < 4.78 is 43.8. The minimum atomic E-state index is -4.44. The van der Waals surface area contributed by atoms with Gasteiger partial charge in [-0.2, -0.15) is 13.2 Å². The molecule has 1 saturated heterocycles. The molecule has 6 nitrogen and oxygen atoms in total. The first-order valence-corrected chi connectivity index (χ1v) is 9.39. The van der Waals surface area contributed by atoms with Crippen molar-refractivity contribution in [3.63, 3.8) is 0 Å². The van der Waals surface area contributed by atoms with Crippen LogP contribution in [-0.4, -0.2) is 43.6 Å². The molecule has 2 aromatic rings. The fraction of sp³-hybridized carbons (Fsp3) is 0.333. The summed E-state index contributed by atoms with van der Waals surface area (Å²) in [5, 5.41) is 5.92. The molecule has 0 spiro atoms. The van der Waals surface area contributed by atoms with Crippen LogP contribution in [0.4, 0.5) is 18.0 Å². The highest BCUT2D eigenvalue weighted by molar-refractivity contribution is 5.89. The zero-order valence-electron chi connectivity index (χ0n) is 16.7. The molecule has 2 aromatic carbocycles. The van der Waals surface area contributed by atoms with Gasteiger partial charge in [-0.05, 0) is 35.4 Å². The van der Waals surface area contributed by atoms with E-state index in [1.807, 2.05) is 0 Å².